The Morgan fingerprint density at radius 3 is 2.60 bits per heavy atom. The lowest BCUT2D eigenvalue weighted by Gasteiger charge is -2.10. The van der Waals surface area contributed by atoms with Crippen molar-refractivity contribution in [2.45, 2.75) is 19.8 Å². The number of hydrogen-bond acceptors (Lipinski definition) is 2. The van der Waals surface area contributed by atoms with E-state index in [2.05, 4.69) is 18.9 Å². The molecule has 0 aliphatic carbocycles. The number of phenols is 1. The Morgan fingerprint density at radius 2 is 1.93 bits per heavy atom. The molecule has 1 aromatic carbocycles. The van der Waals surface area contributed by atoms with Gasteiger partial charge in [0, 0.05) is 11.9 Å². The van der Waals surface area contributed by atoms with E-state index in [-0.39, 0.29) is 5.75 Å². The molecule has 0 atom stereocenters. The van der Waals surface area contributed by atoms with Crippen molar-refractivity contribution in [2.24, 2.45) is 0 Å². The molecule has 2 rings (SSSR count). The van der Waals surface area contributed by atoms with Crippen molar-refractivity contribution < 1.29 is 5.11 Å². The molecule has 0 spiro atoms. The Kier molecular flexibility index (Phi) is 2.46. The summed E-state index contributed by atoms with van der Waals surface area (Å²) in [6, 6.07) is 9.19. The van der Waals surface area contributed by atoms with Crippen LogP contribution in [0.25, 0.3) is 5.69 Å². The molecule has 15 heavy (non-hydrogen) atoms. The number of para-hydroxylation sites is 2. The third-order valence-electron chi connectivity index (χ3n) is 2.37. The van der Waals surface area contributed by atoms with Crippen LogP contribution in [0.4, 0.5) is 0 Å². The molecule has 1 heterocycles. The van der Waals surface area contributed by atoms with Gasteiger partial charge in [-0.05, 0) is 24.1 Å². The van der Waals surface area contributed by atoms with Crippen molar-refractivity contribution in [1.82, 2.24) is 9.78 Å². The second-order valence-corrected chi connectivity index (χ2v) is 3.81. The predicted molar refractivity (Wildman–Crippen MR) is 59.3 cm³/mol. The standard InChI is InChI=1S/C12H14N2O/c1-9(2)10-7-8-13-14(10)11-5-3-4-6-12(11)15/h3-9,15H,1-2H3. The van der Waals surface area contributed by atoms with Crippen LogP contribution >= 0.6 is 0 Å². The Bertz CT molecular complexity index is 460. The fourth-order valence-electron chi connectivity index (χ4n) is 1.60. The van der Waals surface area contributed by atoms with E-state index < -0.39 is 0 Å². The Balaban J connectivity index is 2.55. The van der Waals surface area contributed by atoms with Crippen molar-refractivity contribution in [1.29, 1.82) is 0 Å². The van der Waals surface area contributed by atoms with Crippen molar-refractivity contribution in [3.05, 3.63) is 42.2 Å². The normalized spacial score (nSPS) is 10.9. The summed E-state index contributed by atoms with van der Waals surface area (Å²) in [5, 5.41) is 14.0. The minimum absolute atomic E-state index is 0.253. The van der Waals surface area contributed by atoms with Gasteiger partial charge in [-0.2, -0.15) is 5.10 Å². The maximum absolute atomic E-state index is 9.73. The Morgan fingerprint density at radius 1 is 1.20 bits per heavy atom. The summed E-state index contributed by atoms with van der Waals surface area (Å²) >= 11 is 0. The molecule has 0 bridgehead atoms. The first kappa shape index (κ1) is 9.77. The van der Waals surface area contributed by atoms with Gasteiger partial charge in [-0.15, -0.1) is 0 Å². The van der Waals surface area contributed by atoms with E-state index in [1.54, 1.807) is 23.0 Å². The molecule has 0 unspecified atom stereocenters. The molecule has 0 amide bonds. The number of phenolic OH excluding ortho intramolecular Hbond substituents is 1. The zero-order valence-electron chi connectivity index (χ0n) is 8.88. The minimum Gasteiger partial charge on any atom is -0.506 e. The SMILES string of the molecule is CC(C)c1ccnn1-c1ccccc1O. The number of aromatic nitrogens is 2. The van der Waals surface area contributed by atoms with Gasteiger partial charge in [-0.3, -0.25) is 0 Å². The summed E-state index contributed by atoms with van der Waals surface area (Å²) in [4.78, 5) is 0. The molecule has 1 aromatic heterocycles. The van der Waals surface area contributed by atoms with Gasteiger partial charge in [0.25, 0.3) is 0 Å². The number of rotatable bonds is 2. The summed E-state index contributed by atoms with van der Waals surface area (Å²) in [5.41, 5.74) is 1.82. The number of aromatic hydroxyl groups is 1. The highest BCUT2D eigenvalue weighted by Gasteiger charge is 2.10. The van der Waals surface area contributed by atoms with Crippen molar-refractivity contribution in [2.75, 3.05) is 0 Å². The maximum atomic E-state index is 9.73. The van der Waals surface area contributed by atoms with E-state index in [1.807, 2.05) is 18.2 Å². The van der Waals surface area contributed by atoms with Gasteiger partial charge in [0.05, 0.1) is 0 Å². The molecular formula is C12H14N2O. The molecule has 0 radical (unpaired) electrons. The summed E-state index contributed by atoms with van der Waals surface area (Å²) < 4.78 is 1.78. The van der Waals surface area contributed by atoms with Crippen LogP contribution in [0.2, 0.25) is 0 Å². The number of nitrogens with zero attached hydrogens (tertiary/aromatic N) is 2. The van der Waals surface area contributed by atoms with Crippen LogP contribution in [-0.4, -0.2) is 14.9 Å². The minimum atomic E-state index is 0.253. The molecule has 2 aromatic rings. The van der Waals surface area contributed by atoms with Crippen LogP contribution in [-0.2, 0) is 0 Å². The van der Waals surface area contributed by atoms with E-state index in [1.165, 1.54) is 0 Å². The summed E-state index contributed by atoms with van der Waals surface area (Å²) in [7, 11) is 0. The van der Waals surface area contributed by atoms with Crippen LogP contribution in [0, 0.1) is 0 Å². The van der Waals surface area contributed by atoms with E-state index in [9.17, 15) is 5.11 Å². The zero-order chi connectivity index (χ0) is 10.8. The fraction of sp³-hybridized carbons (Fsp3) is 0.250. The van der Waals surface area contributed by atoms with Crippen LogP contribution in [0.15, 0.2) is 36.5 Å². The quantitative estimate of drug-likeness (QED) is 0.813. The molecular weight excluding hydrogens is 188 g/mol. The largest absolute Gasteiger partial charge is 0.506 e. The Hall–Kier alpha value is -1.77. The summed E-state index contributed by atoms with van der Waals surface area (Å²) in [6.07, 6.45) is 1.75. The monoisotopic (exact) mass is 202 g/mol. The molecule has 0 saturated heterocycles. The van der Waals surface area contributed by atoms with Gasteiger partial charge in [0.2, 0.25) is 0 Å². The lowest BCUT2D eigenvalue weighted by atomic mass is 10.1. The molecule has 1 N–H and O–H groups in total. The molecule has 3 nitrogen and oxygen atoms in total. The molecule has 78 valence electrons. The van der Waals surface area contributed by atoms with Gasteiger partial charge >= 0.3 is 0 Å². The van der Waals surface area contributed by atoms with Crippen LogP contribution in [0.5, 0.6) is 5.75 Å². The molecule has 0 saturated carbocycles. The molecule has 0 aliphatic rings. The van der Waals surface area contributed by atoms with Crippen molar-refractivity contribution >= 4 is 0 Å². The lowest BCUT2D eigenvalue weighted by molar-refractivity contribution is 0.469. The third-order valence-corrected chi connectivity index (χ3v) is 2.37. The zero-order valence-corrected chi connectivity index (χ0v) is 8.88. The highest BCUT2D eigenvalue weighted by molar-refractivity contribution is 5.45. The second kappa shape index (κ2) is 3.77. The predicted octanol–water partition coefficient (Wildman–Crippen LogP) is 2.70. The maximum Gasteiger partial charge on any atom is 0.141 e. The first-order valence-corrected chi connectivity index (χ1v) is 5.02. The van der Waals surface area contributed by atoms with E-state index in [0.29, 0.717) is 5.92 Å². The third kappa shape index (κ3) is 1.73. The number of hydrogen-bond donors (Lipinski definition) is 1. The van der Waals surface area contributed by atoms with Crippen LogP contribution in [0.3, 0.4) is 0 Å². The highest BCUT2D eigenvalue weighted by atomic mass is 16.3. The van der Waals surface area contributed by atoms with Crippen LogP contribution < -0.4 is 0 Å². The molecule has 3 heteroatoms. The average Bonchev–Trinajstić information content (AvgIpc) is 2.67. The topological polar surface area (TPSA) is 38.0 Å². The van der Waals surface area contributed by atoms with Gasteiger partial charge in [-0.25, -0.2) is 4.68 Å². The second-order valence-electron chi connectivity index (χ2n) is 3.81. The van der Waals surface area contributed by atoms with Gasteiger partial charge < -0.3 is 5.11 Å². The molecule has 0 fully saturated rings. The summed E-state index contributed by atoms with van der Waals surface area (Å²) in [5.74, 6) is 0.634. The van der Waals surface area contributed by atoms with E-state index >= 15 is 0 Å². The number of benzene rings is 1. The highest BCUT2D eigenvalue weighted by Crippen LogP contribution is 2.24. The summed E-state index contributed by atoms with van der Waals surface area (Å²) in [6.45, 7) is 4.21. The smallest absolute Gasteiger partial charge is 0.141 e. The Labute approximate surface area is 89.0 Å². The van der Waals surface area contributed by atoms with Crippen LogP contribution in [0.1, 0.15) is 25.5 Å². The van der Waals surface area contributed by atoms with Gasteiger partial charge in [-0.1, -0.05) is 26.0 Å². The van der Waals surface area contributed by atoms with Gasteiger partial charge in [0.1, 0.15) is 11.4 Å². The first-order chi connectivity index (χ1) is 7.20. The van der Waals surface area contributed by atoms with E-state index in [0.717, 1.165) is 11.4 Å². The lowest BCUT2D eigenvalue weighted by Crippen LogP contribution is -2.03. The van der Waals surface area contributed by atoms with Crippen molar-refractivity contribution in [3.63, 3.8) is 0 Å². The fourth-order valence-corrected chi connectivity index (χ4v) is 1.60. The average molecular weight is 202 g/mol. The molecule has 0 aliphatic heterocycles. The first-order valence-electron chi connectivity index (χ1n) is 5.02. The van der Waals surface area contributed by atoms with Gasteiger partial charge in [0.15, 0.2) is 0 Å². The van der Waals surface area contributed by atoms with Crippen molar-refractivity contribution in [3.8, 4) is 11.4 Å². The van der Waals surface area contributed by atoms with E-state index in [4.69, 9.17) is 0 Å².